The monoisotopic (exact) mass is 331 g/mol. The molecule has 0 saturated carbocycles. The van der Waals surface area contributed by atoms with Gasteiger partial charge >= 0.3 is 5.97 Å². The van der Waals surface area contributed by atoms with Crippen LogP contribution >= 0.6 is 8.96 Å². The average molecular weight is 331 g/mol. The number of halogens is 5. The number of benzene rings is 1. The minimum atomic E-state index is -2.27. The van der Waals surface area contributed by atoms with Crippen molar-refractivity contribution in [2.45, 2.75) is 13.3 Å². The molecule has 0 aliphatic carbocycles. The SMILES string of the molecule is CCCOC(=O)CNPOc1c(F)c(F)c(F)c(F)c1F. The first-order chi connectivity index (χ1) is 9.90. The summed E-state index contributed by atoms with van der Waals surface area (Å²) in [6, 6.07) is 0. The molecule has 0 aromatic heterocycles. The van der Waals surface area contributed by atoms with Crippen molar-refractivity contribution in [3.8, 4) is 5.75 Å². The van der Waals surface area contributed by atoms with E-state index in [-0.39, 0.29) is 13.2 Å². The summed E-state index contributed by atoms with van der Waals surface area (Å²) in [7, 11) is -0.897. The number of nitrogens with one attached hydrogen (secondary N) is 1. The Bertz CT molecular complexity index is 500. The standard InChI is InChI=1S/C11H11F5NO3P/c1-2-3-19-5(18)4-17-21-20-11-9(15)7(13)6(12)8(14)10(11)16/h17,21H,2-4H2,1H3. The lowest BCUT2D eigenvalue weighted by Crippen LogP contribution is -2.19. The van der Waals surface area contributed by atoms with E-state index in [1.54, 1.807) is 6.92 Å². The van der Waals surface area contributed by atoms with Crippen LogP contribution < -0.4 is 9.61 Å². The zero-order chi connectivity index (χ0) is 16.0. The third-order valence-electron chi connectivity index (χ3n) is 2.09. The molecular formula is C11H11F5NO3P. The lowest BCUT2D eigenvalue weighted by molar-refractivity contribution is -0.142. The van der Waals surface area contributed by atoms with E-state index in [9.17, 15) is 26.7 Å². The van der Waals surface area contributed by atoms with Crippen molar-refractivity contribution in [3.05, 3.63) is 29.1 Å². The average Bonchev–Trinajstić information content (AvgIpc) is 2.48. The van der Waals surface area contributed by atoms with Gasteiger partial charge in [0.2, 0.25) is 34.8 Å². The number of esters is 1. The van der Waals surface area contributed by atoms with Crippen LogP contribution in [0.1, 0.15) is 13.3 Å². The number of carbonyl (C=O) groups is 1. The lowest BCUT2D eigenvalue weighted by Gasteiger charge is -2.10. The molecule has 1 N–H and O–H groups in total. The van der Waals surface area contributed by atoms with Gasteiger partial charge in [-0.25, -0.2) is 13.2 Å². The number of rotatable bonds is 7. The zero-order valence-corrected chi connectivity index (χ0v) is 11.7. The Morgan fingerprint density at radius 2 is 1.57 bits per heavy atom. The van der Waals surface area contributed by atoms with Gasteiger partial charge in [0.15, 0.2) is 0 Å². The van der Waals surface area contributed by atoms with Crippen molar-refractivity contribution >= 4 is 14.9 Å². The molecule has 0 heterocycles. The fourth-order valence-electron chi connectivity index (χ4n) is 1.14. The summed E-state index contributed by atoms with van der Waals surface area (Å²) in [5.41, 5.74) is 0. The Labute approximate surface area is 118 Å². The van der Waals surface area contributed by atoms with Crippen LogP contribution in [0.3, 0.4) is 0 Å². The molecule has 0 amide bonds. The predicted octanol–water partition coefficient (Wildman–Crippen LogP) is 2.81. The smallest absolute Gasteiger partial charge is 0.320 e. The van der Waals surface area contributed by atoms with E-state index in [1.807, 2.05) is 0 Å². The van der Waals surface area contributed by atoms with Crippen LogP contribution in [-0.4, -0.2) is 19.1 Å². The van der Waals surface area contributed by atoms with E-state index in [0.717, 1.165) is 0 Å². The highest BCUT2D eigenvalue weighted by molar-refractivity contribution is 7.30. The summed E-state index contributed by atoms with van der Waals surface area (Å²) in [4.78, 5) is 11.0. The molecular weight excluding hydrogens is 320 g/mol. The van der Waals surface area contributed by atoms with Gasteiger partial charge in [0, 0.05) is 0 Å². The van der Waals surface area contributed by atoms with Gasteiger partial charge in [0.05, 0.1) is 13.2 Å². The summed E-state index contributed by atoms with van der Waals surface area (Å²) >= 11 is 0. The first kappa shape index (κ1) is 17.6. The van der Waals surface area contributed by atoms with Crippen molar-refractivity contribution < 1.29 is 36.0 Å². The maximum absolute atomic E-state index is 13.2. The largest absolute Gasteiger partial charge is 0.465 e. The minimum Gasteiger partial charge on any atom is -0.465 e. The third kappa shape index (κ3) is 4.50. The second-order valence-corrected chi connectivity index (χ2v) is 4.44. The minimum absolute atomic E-state index is 0.210. The lowest BCUT2D eigenvalue weighted by atomic mass is 10.3. The molecule has 1 aromatic rings. The van der Waals surface area contributed by atoms with Gasteiger partial charge < -0.3 is 9.26 Å². The Morgan fingerprint density at radius 1 is 1.05 bits per heavy atom. The van der Waals surface area contributed by atoms with Crippen molar-refractivity contribution in [2.75, 3.05) is 13.2 Å². The first-order valence-corrected chi connectivity index (χ1v) is 6.62. The molecule has 0 radical (unpaired) electrons. The molecule has 0 fully saturated rings. The molecule has 1 atom stereocenters. The summed E-state index contributed by atoms with van der Waals surface area (Å²) < 4.78 is 74.0. The Kier molecular flexibility index (Phi) is 6.77. The third-order valence-corrected chi connectivity index (χ3v) is 2.72. The highest BCUT2D eigenvalue weighted by Crippen LogP contribution is 2.31. The van der Waals surface area contributed by atoms with E-state index in [4.69, 9.17) is 0 Å². The summed E-state index contributed by atoms with van der Waals surface area (Å²) in [6.07, 6.45) is 0.620. The second kappa shape index (κ2) is 8.09. The van der Waals surface area contributed by atoms with Gasteiger partial charge in [-0.05, 0) is 6.42 Å². The molecule has 1 rings (SSSR count). The first-order valence-electron chi connectivity index (χ1n) is 5.71. The molecule has 0 spiro atoms. The Morgan fingerprint density at radius 3 is 2.10 bits per heavy atom. The van der Waals surface area contributed by atoms with E-state index in [1.165, 1.54) is 0 Å². The topological polar surface area (TPSA) is 47.6 Å². The number of ether oxygens (including phenoxy) is 1. The summed E-state index contributed by atoms with van der Waals surface area (Å²) in [5.74, 6) is -12.7. The fourth-order valence-corrected chi connectivity index (χ4v) is 1.71. The maximum atomic E-state index is 13.2. The van der Waals surface area contributed by atoms with Crippen LogP contribution in [0.5, 0.6) is 5.75 Å². The second-order valence-electron chi connectivity index (χ2n) is 3.68. The molecule has 0 aliphatic rings. The molecule has 1 unspecified atom stereocenters. The predicted molar refractivity (Wildman–Crippen MR) is 64.4 cm³/mol. The molecule has 0 saturated heterocycles. The molecule has 4 nitrogen and oxygen atoms in total. The quantitative estimate of drug-likeness (QED) is 0.208. The van der Waals surface area contributed by atoms with Gasteiger partial charge in [-0.2, -0.15) is 8.78 Å². The molecule has 1 aromatic carbocycles. The van der Waals surface area contributed by atoms with E-state index >= 15 is 0 Å². The van der Waals surface area contributed by atoms with Crippen molar-refractivity contribution in [1.29, 1.82) is 0 Å². The van der Waals surface area contributed by atoms with Gasteiger partial charge in [-0.3, -0.25) is 9.88 Å². The molecule has 118 valence electrons. The highest BCUT2D eigenvalue weighted by atomic mass is 31.1. The van der Waals surface area contributed by atoms with Crippen LogP contribution in [0, 0.1) is 29.1 Å². The Balaban J connectivity index is 2.59. The van der Waals surface area contributed by atoms with E-state index < -0.39 is 49.8 Å². The van der Waals surface area contributed by atoms with Crippen molar-refractivity contribution in [2.24, 2.45) is 0 Å². The molecule has 21 heavy (non-hydrogen) atoms. The van der Waals surface area contributed by atoms with Crippen LogP contribution in [0.15, 0.2) is 0 Å². The number of carbonyl (C=O) groups excluding carboxylic acids is 1. The van der Waals surface area contributed by atoms with Crippen LogP contribution in [-0.2, 0) is 9.53 Å². The molecule has 0 bridgehead atoms. The van der Waals surface area contributed by atoms with Crippen LogP contribution in [0.25, 0.3) is 0 Å². The summed E-state index contributed by atoms with van der Waals surface area (Å²) in [6.45, 7) is 1.67. The molecule has 0 aliphatic heterocycles. The zero-order valence-electron chi connectivity index (χ0n) is 10.7. The van der Waals surface area contributed by atoms with Gasteiger partial charge in [0.1, 0.15) is 8.96 Å². The fraction of sp³-hybridized carbons (Fsp3) is 0.364. The Hall–Kier alpha value is -1.47. The van der Waals surface area contributed by atoms with Crippen LogP contribution in [0.2, 0.25) is 0 Å². The van der Waals surface area contributed by atoms with Crippen molar-refractivity contribution in [3.63, 3.8) is 0 Å². The van der Waals surface area contributed by atoms with Gasteiger partial charge in [0.25, 0.3) is 0 Å². The summed E-state index contributed by atoms with van der Waals surface area (Å²) in [5, 5.41) is 2.31. The molecule has 10 heteroatoms. The van der Waals surface area contributed by atoms with Crippen LogP contribution in [0.4, 0.5) is 22.0 Å². The normalized spacial score (nSPS) is 11.1. The van der Waals surface area contributed by atoms with E-state index in [2.05, 4.69) is 14.3 Å². The maximum Gasteiger partial charge on any atom is 0.320 e. The number of hydrogen-bond donors (Lipinski definition) is 1. The number of hydrogen-bond acceptors (Lipinski definition) is 4. The van der Waals surface area contributed by atoms with Gasteiger partial charge in [-0.15, -0.1) is 0 Å². The van der Waals surface area contributed by atoms with Gasteiger partial charge in [-0.1, -0.05) is 6.92 Å². The highest BCUT2D eigenvalue weighted by Gasteiger charge is 2.27. The van der Waals surface area contributed by atoms with E-state index in [0.29, 0.717) is 6.42 Å². The van der Waals surface area contributed by atoms with Crippen molar-refractivity contribution in [1.82, 2.24) is 5.09 Å².